The van der Waals surface area contributed by atoms with Crippen molar-refractivity contribution in [2.45, 2.75) is 31.3 Å². The lowest BCUT2D eigenvalue weighted by atomic mass is 10.0. The molecule has 3 rings (SSSR count). The highest BCUT2D eigenvalue weighted by molar-refractivity contribution is 7.99. The van der Waals surface area contributed by atoms with Crippen LogP contribution >= 0.6 is 23.4 Å². The molecule has 0 radical (unpaired) electrons. The molecule has 1 amide bonds. The number of nitrogens with two attached hydrogens (primary N) is 1. The van der Waals surface area contributed by atoms with Gasteiger partial charge in [-0.25, -0.2) is 4.68 Å². The Morgan fingerprint density at radius 2 is 1.93 bits per heavy atom. The number of aromatic nitrogens is 3. The van der Waals surface area contributed by atoms with E-state index in [2.05, 4.69) is 22.4 Å². The van der Waals surface area contributed by atoms with Crippen LogP contribution in [-0.2, 0) is 11.2 Å². The maximum Gasteiger partial charge on any atom is 0.234 e. The summed E-state index contributed by atoms with van der Waals surface area (Å²) in [6.07, 6.45) is 2.74. The van der Waals surface area contributed by atoms with E-state index in [0.717, 1.165) is 19.3 Å². The van der Waals surface area contributed by atoms with Gasteiger partial charge in [0.2, 0.25) is 11.1 Å². The number of nitrogens with one attached hydrogen (secondary N) is 1. The Hall–Kier alpha value is -2.84. The molecule has 0 atom stereocenters. The second kappa shape index (κ2) is 10.3. The zero-order valence-electron chi connectivity index (χ0n) is 16.5. The normalized spacial score (nSPS) is 10.7. The summed E-state index contributed by atoms with van der Waals surface area (Å²) >= 11 is 7.26. The number of unbranched alkanes of at least 4 members (excludes halogenated alkanes) is 1. The van der Waals surface area contributed by atoms with E-state index in [1.807, 2.05) is 6.07 Å². The molecule has 0 spiro atoms. The fourth-order valence-electron chi connectivity index (χ4n) is 2.79. The van der Waals surface area contributed by atoms with E-state index in [4.69, 9.17) is 17.4 Å². The highest BCUT2D eigenvalue weighted by Gasteiger charge is 2.17. The third kappa shape index (κ3) is 5.40. The molecule has 30 heavy (non-hydrogen) atoms. The molecule has 1 heterocycles. The molecule has 156 valence electrons. The van der Waals surface area contributed by atoms with Gasteiger partial charge in [-0.1, -0.05) is 67.0 Å². The first-order valence-corrected chi connectivity index (χ1v) is 10.9. The van der Waals surface area contributed by atoms with Gasteiger partial charge in [-0.3, -0.25) is 9.59 Å². The zero-order valence-corrected chi connectivity index (χ0v) is 18.0. The van der Waals surface area contributed by atoms with Crippen molar-refractivity contribution in [3.63, 3.8) is 0 Å². The standard InChI is InChI=1S/C21H22ClN5O2S/c1-2-3-9-18-25-26-21(27(18)23)30-13-19(28)24-17-11-10-15(22)12-16(17)20(29)14-7-5-4-6-8-14/h4-8,10-12H,2-3,9,13,23H2,1H3,(H,24,28). The number of nitrogens with zero attached hydrogens (tertiary/aromatic N) is 3. The Bertz CT molecular complexity index is 1040. The van der Waals surface area contributed by atoms with E-state index < -0.39 is 0 Å². The first-order chi connectivity index (χ1) is 14.5. The number of anilines is 1. The number of ketones is 1. The second-order valence-electron chi connectivity index (χ2n) is 6.59. The van der Waals surface area contributed by atoms with Crippen molar-refractivity contribution in [2.75, 3.05) is 16.9 Å². The molecule has 0 fully saturated rings. The number of amides is 1. The van der Waals surface area contributed by atoms with Crippen LogP contribution < -0.4 is 11.2 Å². The molecular formula is C21H22ClN5O2S. The van der Waals surface area contributed by atoms with Gasteiger partial charge >= 0.3 is 0 Å². The maximum atomic E-state index is 12.9. The van der Waals surface area contributed by atoms with Crippen LogP contribution in [0.3, 0.4) is 0 Å². The van der Waals surface area contributed by atoms with Gasteiger partial charge in [0.25, 0.3) is 0 Å². The third-order valence-electron chi connectivity index (χ3n) is 4.36. The molecule has 0 aliphatic heterocycles. The average molecular weight is 444 g/mol. The highest BCUT2D eigenvalue weighted by atomic mass is 35.5. The Morgan fingerprint density at radius 3 is 2.67 bits per heavy atom. The van der Waals surface area contributed by atoms with E-state index in [1.165, 1.54) is 16.4 Å². The molecular weight excluding hydrogens is 422 g/mol. The summed E-state index contributed by atoms with van der Waals surface area (Å²) in [6.45, 7) is 2.09. The average Bonchev–Trinajstić information content (AvgIpc) is 3.11. The summed E-state index contributed by atoms with van der Waals surface area (Å²) in [4.78, 5) is 25.4. The number of halogens is 1. The maximum absolute atomic E-state index is 12.9. The van der Waals surface area contributed by atoms with Gasteiger partial charge in [0.15, 0.2) is 11.6 Å². The first kappa shape index (κ1) is 21.9. The van der Waals surface area contributed by atoms with Crippen LogP contribution in [0.5, 0.6) is 0 Å². The smallest absolute Gasteiger partial charge is 0.234 e. The van der Waals surface area contributed by atoms with E-state index in [9.17, 15) is 9.59 Å². The van der Waals surface area contributed by atoms with E-state index in [1.54, 1.807) is 42.5 Å². The molecule has 0 aliphatic rings. The minimum Gasteiger partial charge on any atom is -0.336 e. The molecule has 3 N–H and O–H groups in total. The Labute approximate surface area is 184 Å². The number of thioether (sulfide) groups is 1. The molecule has 3 aromatic rings. The van der Waals surface area contributed by atoms with Gasteiger partial charge < -0.3 is 11.2 Å². The Balaban J connectivity index is 1.69. The van der Waals surface area contributed by atoms with Crippen molar-refractivity contribution in [1.29, 1.82) is 0 Å². The Kier molecular flexibility index (Phi) is 7.48. The number of hydrogen-bond acceptors (Lipinski definition) is 6. The predicted octanol–water partition coefficient (Wildman–Crippen LogP) is 3.95. The van der Waals surface area contributed by atoms with Gasteiger partial charge in [0, 0.05) is 22.6 Å². The third-order valence-corrected chi connectivity index (χ3v) is 5.54. The summed E-state index contributed by atoms with van der Waals surface area (Å²) in [7, 11) is 0. The van der Waals surface area contributed by atoms with Gasteiger partial charge in [-0.15, -0.1) is 10.2 Å². The van der Waals surface area contributed by atoms with Crippen LogP contribution in [0.25, 0.3) is 0 Å². The lowest BCUT2D eigenvalue weighted by molar-refractivity contribution is -0.113. The quantitative estimate of drug-likeness (QED) is 0.295. The molecule has 2 aromatic carbocycles. The largest absolute Gasteiger partial charge is 0.336 e. The monoisotopic (exact) mass is 443 g/mol. The predicted molar refractivity (Wildman–Crippen MR) is 119 cm³/mol. The summed E-state index contributed by atoms with van der Waals surface area (Å²) < 4.78 is 1.42. The van der Waals surface area contributed by atoms with Gasteiger partial charge in [-0.05, 0) is 24.6 Å². The number of rotatable bonds is 9. The van der Waals surface area contributed by atoms with Crippen LogP contribution in [0, 0.1) is 0 Å². The Morgan fingerprint density at radius 1 is 1.17 bits per heavy atom. The van der Waals surface area contributed by atoms with Crippen molar-refractivity contribution in [3.05, 3.63) is 70.5 Å². The molecule has 1 aromatic heterocycles. The highest BCUT2D eigenvalue weighted by Crippen LogP contribution is 2.24. The molecule has 9 heteroatoms. The molecule has 0 unspecified atom stereocenters. The lowest BCUT2D eigenvalue weighted by Crippen LogP contribution is -2.18. The molecule has 0 saturated heterocycles. The van der Waals surface area contributed by atoms with E-state index in [0.29, 0.717) is 32.8 Å². The molecule has 0 saturated carbocycles. The summed E-state index contributed by atoms with van der Waals surface area (Å²) in [5.41, 5.74) is 1.24. The van der Waals surface area contributed by atoms with E-state index in [-0.39, 0.29) is 17.4 Å². The lowest BCUT2D eigenvalue weighted by Gasteiger charge is -2.11. The number of nitrogen functional groups attached to an aromatic ring is 1. The van der Waals surface area contributed by atoms with Crippen molar-refractivity contribution >= 4 is 40.7 Å². The summed E-state index contributed by atoms with van der Waals surface area (Å²) in [5.74, 6) is 6.26. The zero-order chi connectivity index (χ0) is 21.5. The number of benzene rings is 2. The number of carbonyl (C=O) groups is 2. The van der Waals surface area contributed by atoms with Crippen LogP contribution in [-0.4, -0.2) is 32.3 Å². The second-order valence-corrected chi connectivity index (χ2v) is 7.97. The number of aryl methyl sites for hydroxylation is 1. The summed E-state index contributed by atoms with van der Waals surface area (Å²) in [5, 5.41) is 11.8. The number of carbonyl (C=O) groups excluding carboxylic acids is 2. The minimum absolute atomic E-state index is 0.0741. The molecule has 7 nitrogen and oxygen atoms in total. The van der Waals surface area contributed by atoms with E-state index >= 15 is 0 Å². The molecule has 0 bridgehead atoms. The van der Waals surface area contributed by atoms with Crippen molar-refractivity contribution in [3.8, 4) is 0 Å². The van der Waals surface area contributed by atoms with Crippen molar-refractivity contribution in [2.24, 2.45) is 0 Å². The topological polar surface area (TPSA) is 103 Å². The van der Waals surface area contributed by atoms with Gasteiger partial charge in [-0.2, -0.15) is 0 Å². The van der Waals surface area contributed by atoms with Crippen molar-refractivity contribution in [1.82, 2.24) is 14.9 Å². The SMILES string of the molecule is CCCCc1nnc(SCC(=O)Nc2ccc(Cl)cc2C(=O)c2ccccc2)n1N. The van der Waals surface area contributed by atoms with Crippen LogP contribution in [0.2, 0.25) is 5.02 Å². The first-order valence-electron chi connectivity index (χ1n) is 9.51. The van der Waals surface area contributed by atoms with Gasteiger partial charge in [0.1, 0.15) is 0 Å². The van der Waals surface area contributed by atoms with Crippen LogP contribution in [0.15, 0.2) is 53.7 Å². The fourth-order valence-corrected chi connectivity index (χ4v) is 3.63. The minimum atomic E-state index is -0.289. The molecule has 0 aliphatic carbocycles. The van der Waals surface area contributed by atoms with Crippen LogP contribution in [0.1, 0.15) is 41.5 Å². The fraction of sp³-hybridized carbons (Fsp3) is 0.238. The van der Waals surface area contributed by atoms with Crippen LogP contribution in [0.4, 0.5) is 5.69 Å². The van der Waals surface area contributed by atoms with Crippen molar-refractivity contribution < 1.29 is 9.59 Å². The summed E-state index contributed by atoms with van der Waals surface area (Å²) in [6, 6.07) is 13.6. The van der Waals surface area contributed by atoms with Gasteiger partial charge in [0.05, 0.1) is 11.4 Å². The number of hydrogen-bond donors (Lipinski definition) is 2.